The van der Waals surface area contributed by atoms with Crippen molar-refractivity contribution in [3.63, 3.8) is 0 Å². The molecular weight excluding hydrogens is 214 g/mol. The van der Waals surface area contributed by atoms with Crippen LogP contribution in [0.2, 0.25) is 0 Å². The molecule has 0 radical (unpaired) electrons. The number of benzene rings is 1. The van der Waals surface area contributed by atoms with Crippen molar-refractivity contribution >= 4 is 5.97 Å². The van der Waals surface area contributed by atoms with Crippen molar-refractivity contribution < 1.29 is 9.53 Å². The Labute approximate surface area is 103 Å². The number of aryl methyl sites for hydroxylation is 2. The van der Waals surface area contributed by atoms with Gasteiger partial charge in [0.05, 0.1) is 13.5 Å². The van der Waals surface area contributed by atoms with E-state index in [9.17, 15) is 4.79 Å². The summed E-state index contributed by atoms with van der Waals surface area (Å²) < 4.78 is 4.72. The third-order valence-electron chi connectivity index (χ3n) is 2.98. The lowest BCUT2D eigenvalue weighted by Crippen LogP contribution is -2.24. The third kappa shape index (κ3) is 3.86. The monoisotopic (exact) mass is 235 g/mol. The Balaban J connectivity index is 2.88. The Hall–Kier alpha value is -1.35. The quantitative estimate of drug-likeness (QED) is 0.797. The lowest BCUT2D eigenvalue weighted by molar-refractivity contribution is -0.141. The van der Waals surface area contributed by atoms with Crippen molar-refractivity contribution in [1.82, 2.24) is 5.32 Å². The highest BCUT2D eigenvalue weighted by atomic mass is 16.5. The molecule has 1 atom stereocenters. The van der Waals surface area contributed by atoms with E-state index in [0.717, 1.165) is 12.1 Å². The Morgan fingerprint density at radius 1 is 1.35 bits per heavy atom. The van der Waals surface area contributed by atoms with Crippen molar-refractivity contribution in [3.8, 4) is 0 Å². The van der Waals surface area contributed by atoms with Gasteiger partial charge in [0, 0.05) is 6.04 Å². The summed E-state index contributed by atoms with van der Waals surface area (Å²) in [6.45, 7) is 7.03. The molecule has 0 saturated carbocycles. The van der Waals surface area contributed by atoms with Crippen LogP contribution in [0.3, 0.4) is 0 Å². The second kappa shape index (κ2) is 6.40. The highest BCUT2D eigenvalue weighted by molar-refractivity contribution is 5.70. The molecule has 1 unspecified atom stereocenters. The van der Waals surface area contributed by atoms with Crippen LogP contribution in [0, 0.1) is 13.8 Å². The molecule has 0 aliphatic carbocycles. The Kier molecular flexibility index (Phi) is 5.16. The van der Waals surface area contributed by atoms with E-state index in [1.807, 2.05) is 6.92 Å². The minimum absolute atomic E-state index is 0.0340. The molecule has 0 aliphatic heterocycles. The second-order valence-corrected chi connectivity index (χ2v) is 4.23. The van der Waals surface area contributed by atoms with E-state index in [-0.39, 0.29) is 12.0 Å². The molecule has 0 saturated heterocycles. The van der Waals surface area contributed by atoms with E-state index in [1.54, 1.807) is 0 Å². The van der Waals surface area contributed by atoms with Crippen LogP contribution in [0.1, 0.15) is 36.1 Å². The van der Waals surface area contributed by atoms with Crippen molar-refractivity contribution in [2.24, 2.45) is 0 Å². The Bertz CT molecular complexity index is 388. The maximum atomic E-state index is 11.4. The van der Waals surface area contributed by atoms with Gasteiger partial charge in [0.25, 0.3) is 0 Å². The van der Waals surface area contributed by atoms with E-state index in [1.165, 1.54) is 18.2 Å². The first-order valence-electron chi connectivity index (χ1n) is 5.95. The van der Waals surface area contributed by atoms with E-state index >= 15 is 0 Å². The molecule has 1 N–H and O–H groups in total. The minimum Gasteiger partial charge on any atom is -0.469 e. The van der Waals surface area contributed by atoms with Crippen molar-refractivity contribution in [3.05, 3.63) is 34.9 Å². The molecule has 1 aromatic carbocycles. The molecular formula is C14H21NO2. The molecule has 3 heteroatoms. The highest BCUT2D eigenvalue weighted by Crippen LogP contribution is 2.20. The van der Waals surface area contributed by atoms with Gasteiger partial charge < -0.3 is 10.1 Å². The molecule has 3 nitrogen and oxygen atoms in total. The molecule has 94 valence electrons. The van der Waals surface area contributed by atoms with E-state index in [4.69, 9.17) is 4.74 Å². The minimum atomic E-state index is -0.186. The summed E-state index contributed by atoms with van der Waals surface area (Å²) in [4.78, 5) is 11.4. The summed E-state index contributed by atoms with van der Waals surface area (Å²) in [7, 11) is 1.42. The van der Waals surface area contributed by atoms with Crippen LogP contribution in [0.4, 0.5) is 0 Å². The highest BCUT2D eigenvalue weighted by Gasteiger charge is 2.15. The van der Waals surface area contributed by atoms with E-state index in [0.29, 0.717) is 6.42 Å². The molecule has 17 heavy (non-hydrogen) atoms. The molecule has 0 aliphatic rings. The smallest absolute Gasteiger partial charge is 0.307 e. The average Bonchev–Trinajstić information content (AvgIpc) is 2.32. The van der Waals surface area contributed by atoms with Crippen LogP contribution in [-0.4, -0.2) is 19.6 Å². The van der Waals surface area contributed by atoms with Gasteiger partial charge in [0.1, 0.15) is 0 Å². The number of nitrogens with one attached hydrogen (secondary N) is 1. The molecule has 1 rings (SSSR count). The Morgan fingerprint density at radius 3 is 2.59 bits per heavy atom. The molecule has 0 amide bonds. The number of esters is 1. The summed E-state index contributed by atoms with van der Waals surface area (Å²) in [5.74, 6) is -0.186. The Morgan fingerprint density at radius 2 is 2.06 bits per heavy atom. The fourth-order valence-electron chi connectivity index (χ4n) is 1.79. The molecule has 0 aromatic heterocycles. The number of ether oxygens (including phenoxy) is 1. The number of carbonyl (C=O) groups excluding carboxylic acids is 1. The van der Waals surface area contributed by atoms with Gasteiger partial charge in [-0.05, 0) is 37.1 Å². The molecule has 0 fully saturated rings. The molecule has 0 heterocycles. The summed E-state index contributed by atoms with van der Waals surface area (Å²) in [6, 6.07) is 6.32. The standard InChI is InChI=1S/C14H21NO2/c1-5-15-13(9-14(16)17-4)12-7-6-10(2)11(3)8-12/h6-8,13,15H,5,9H2,1-4H3. The summed E-state index contributed by atoms with van der Waals surface area (Å²) in [5, 5.41) is 3.31. The zero-order valence-electron chi connectivity index (χ0n) is 11.0. The maximum absolute atomic E-state index is 11.4. The number of hydrogen-bond donors (Lipinski definition) is 1. The first kappa shape index (κ1) is 13.7. The van der Waals surface area contributed by atoms with Crippen molar-refractivity contribution in [2.75, 3.05) is 13.7 Å². The van der Waals surface area contributed by atoms with Gasteiger partial charge in [0.2, 0.25) is 0 Å². The normalized spacial score (nSPS) is 12.2. The first-order valence-corrected chi connectivity index (χ1v) is 5.95. The topological polar surface area (TPSA) is 38.3 Å². The molecule has 1 aromatic rings. The predicted molar refractivity (Wildman–Crippen MR) is 69.0 cm³/mol. The van der Waals surface area contributed by atoms with Crippen LogP contribution in [0.25, 0.3) is 0 Å². The zero-order valence-corrected chi connectivity index (χ0v) is 11.0. The number of methoxy groups -OCH3 is 1. The van der Waals surface area contributed by atoms with E-state index < -0.39 is 0 Å². The lowest BCUT2D eigenvalue weighted by atomic mass is 9.99. The second-order valence-electron chi connectivity index (χ2n) is 4.23. The average molecular weight is 235 g/mol. The van der Waals surface area contributed by atoms with Gasteiger partial charge in [-0.2, -0.15) is 0 Å². The summed E-state index contributed by atoms with van der Waals surface area (Å²) in [6.07, 6.45) is 0.368. The van der Waals surface area contributed by atoms with Gasteiger partial charge in [-0.1, -0.05) is 25.1 Å². The largest absolute Gasteiger partial charge is 0.469 e. The summed E-state index contributed by atoms with van der Waals surface area (Å²) in [5.41, 5.74) is 3.65. The van der Waals surface area contributed by atoms with Gasteiger partial charge in [-0.25, -0.2) is 0 Å². The zero-order chi connectivity index (χ0) is 12.8. The van der Waals surface area contributed by atoms with Crippen molar-refractivity contribution in [1.29, 1.82) is 0 Å². The predicted octanol–water partition coefficient (Wildman–Crippen LogP) is 2.52. The first-order chi connectivity index (χ1) is 8.08. The molecule has 0 spiro atoms. The van der Waals surface area contributed by atoms with Gasteiger partial charge in [0.15, 0.2) is 0 Å². The number of carbonyl (C=O) groups is 1. The van der Waals surface area contributed by atoms with Crippen LogP contribution < -0.4 is 5.32 Å². The van der Waals surface area contributed by atoms with Crippen LogP contribution in [0.5, 0.6) is 0 Å². The fourth-order valence-corrected chi connectivity index (χ4v) is 1.79. The molecule has 0 bridgehead atoms. The maximum Gasteiger partial charge on any atom is 0.307 e. The van der Waals surface area contributed by atoms with Crippen LogP contribution >= 0.6 is 0 Å². The van der Waals surface area contributed by atoms with Gasteiger partial charge in [-0.15, -0.1) is 0 Å². The summed E-state index contributed by atoms with van der Waals surface area (Å²) >= 11 is 0. The van der Waals surface area contributed by atoms with Crippen LogP contribution in [-0.2, 0) is 9.53 Å². The third-order valence-corrected chi connectivity index (χ3v) is 2.98. The van der Waals surface area contributed by atoms with Crippen molar-refractivity contribution in [2.45, 2.75) is 33.2 Å². The SMILES string of the molecule is CCNC(CC(=O)OC)c1ccc(C)c(C)c1. The number of hydrogen-bond acceptors (Lipinski definition) is 3. The van der Waals surface area contributed by atoms with Gasteiger partial charge in [-0.3, -0.25) is 4.79 Å². The number of rotatable bonds is 5. The lowest BCUT2D eigenvalue weighted by Gasteiger charge is -2.18. The van der Waals surface area contributed by atoms with Gasteiger partial charge >= 0.3 is 5.97 Å². The fraction of sp³-hybridized carbons (Fsp3) is 0.500. The van der Waals surface area contributed by atoms with E-state index in [2.05, 4.69) is 37.4 Å². The van der Waals surface area contributed by atoms with Crippen LogP contribution in [0.15, 0.2) is 18.2 Å².